The number of ketones is 1. The largest absolute Gasteiger partial charge is 0.287 e. The Morgan fingerprint density at radius 1 is 0.680 bits per heavy atom. The van der Waals surface area contributed by atoms with Gasteiger partial charge in [-0.05, 0) is 0 Å². The summed E-state index contributed by atoms with van der Waals surface area (Å²) in [6, 6.07) is 28.0. The molecule has 3 rings (SSSR count). The lowest BCUT2D eigenvalue weighted by Gasteiger charge is -2.08. The van der Waals surface area contributed by atoms with Gasteiger partial charge in [0, 0.05) is 16.7 Å². The Bertz CT molecular complexity index is 891. The molecule has 0 fully saturated rings. The van der Waals surface area contributed by atoms with Crippen LogP contribution >= 0.6 is 12.2 Å². The molecule has 0 aliphatic rings. The van der Waals surface area contributed by atoms with Crippen molar-refractivity contribution in [2.75, 3.05) is 0 Å². The fraction of sp³-hybridized carbons (Fsp3) is 0. The first-order valence-corrected chi connectivity index (χ1v) is 8.25. The molecule has 0 radical (unpaired) electrons. The Labute approximate surface area is 152 Å². The van der Waals surface area contributed by atoms with Crippen molar-refractivity contribution in [1.82, 2.24) is 5.43 Å². The molecule has 0 aromatic heterocycles. The third kappa shape index (κ3) is 4.25. The third-order valence-corrected chi connectivity index (χ3v) is 3.93. The molecular formula is C21H16N2OS. The van der Waals surface area contributed by atoms with Gasteiger partial charge in [0.15, 0.2) is 0 Å². The van der Waals surface area contributed by atoms with Crippen LogP contribution in [-0.2, 0) is 0 Å². The smallest absolute Gasteiger partial charge is 0.213 e. The number of hydrazone groups is 1. The van der Waals surface area contributed by atoms with Crippen molar-refractivity contribution in [2.45, 2.75) is 0 Å². The van der Waals surface area contributed by atoms with Gasteiger partial charge in [0.05, 0.1) is 0 Å². The van der Waals surface area contributed by atoms with E-state index in [1.165, 1.54) is 0 Å². The highest BCUT2D eigenvalue weighted by Crippen LogP contribution is 2.09. The Morgan fingerprint density at radius 2 is 1.12 bits per heavy atom. The summed E-state index contributed by atoms with van der Waals surface area (Å²) in [4.78, 5) is 13.3. The molecule has 3 aromatic carbocycles. The summed E-state index contributed by atoms with van der Waals surface area (Å²) in [6.45, 7) is 0. The van der Waals surface area contributed by atoms with Gasteiger partial charge in [-0.2, -0.15) is 5.10 Å². The molecular weight excluding hydrogens is 328 g/mol. The summed E-state index contributed by atoms with van der Waals surface area (Å²) in [5, 5.41) is 4.32. The van der Waals surface area contributed by atoms with Crippen LogP contribution in [0, 0.1) is 0 Å². The molecule has 1 N–H and O–H groups in total. The average molecular weight is 344 g/mol. The van der Waals surface area contributed by atoms with Crippen molar-refractivity contribution >= 4 is 28.7 Å². The van der Waals surface area contributed by atoms with Crippen LogP contribution in [-0.4, -0.2) is 16.5 Å². The summed E-state index contributed by atoms with van der Waals surface area (Å²) in [5.74, 6) is -0.157. The second kappa shape index (κ2) is 8.13. The fourth-order valence-corrected chi connectivity index (χ4v) is 2.51. The molecule has 0 aliphatic heterocycles. The molecule has 0 aliphatic carbocycles. The van der Waals surface area contributed by atoms with Crippen LogP contribution in [0.3, 0.4) is 0 Å². The third-order valence-electron chi connectivity index (χ3n) is 3.60. The molecule has 0 spiro atoms. The number of rotatable bonds is 5. The number of nitrogens with zero attached hydrogens (tertiary/aromatic N) is 1. The highest BCUT2D eigenvalue weighted by Gasteiger charge is 2.16. The van der Waals surface area contributed by atoms with Crippen LogP contribution in [0.4, 0.5) is 0 Å². The molecule has 0 heterocycles. The number of benzene rings is 3. The van der Waals surface area contributed by atoms with E-state index in [0.29, 0.717) is 16.3 Å². The van der Waals surface area contributed by atoms with Gasteiger partial charge in [0.1, 0.15) is 10.7 Å². The minimum Gasteiger partial charge on any atom is -0.287 e. The van der Waals surface area contributed by atoms with Crippen molar-refractivity contribution in [3.8, 4) is 0 Å². The van der Waals surface area contributed by atoms with E-state index in [9.17, 15) is 4.79 Å². The lowest BCUT2D eigenvalue weighted by molar-refractivity contribution is 0.106. The van der Waals surface area contributed by atoms with Gasteiger partial charge in [0.25, 0.3) is 0 Å². The highest BCUT2D eigenvalue weighted by molar-refractivity contribution is 7.80. The van der Waals surface area contributed by atoms with Crippen molar-refractivity contribution < 1.29 is 4.79 Å². The zero-order valence-corrected chi connectivity index (χ0v) is 14.2. The van der Waals surface area contributed by atoms with E-state index in [0.717, 1.165) is 11.1 Å². The number of hydrogen-bond acceptors (Lipinski definition) is 3. The number of nitrogens with one attached hydrogen (secondary N) is 1. The fourth-order valence-electron chi connectivity index (χ4n) is 2.33. The number of hydrogen-bond donors (Lipinski definition) is 1. The SMILES string of the molecule is O=C(C(=NNC(=S)c1ccccc1)c1ccccc1)c1ccccc1. The lowest BCUT2D eigenvalue weighted by atomic mass is 10.0. The highest BCUT2D eigenvalue weighted by atomic mass is 32.1. The van der Waals surface area contributed by atoms with Crippen LogP contribution in [0.15, 0.2) is 96.1 Å². The maximum atomic E-state index is 12.9. The molecule has 4 heteroatoms. The minimum atomic E-state index is -0.157. The van der Waals surface area contributed by atoms with Crippen LogP contribution in [0.5, 0.6) is 0 Å². The van der Waals surface area contributed by atoms with Gasteiger partial charge in [-0.1, -0.05) is 103 Å². The Balaban J connectivity index is 1.92. The lowest BCUT2D eigenvalue weighted by Crippen LogP contribution is -2.23. The maximum Gasteiger partial charge on any atom is 0.213 e. The van der Waals surface area contributed by atoms with Crippen LogP contribution in [0.1, 0.15) is 21.5 Å². The Morgan fingerprint density at radius 3 is 1.64 bits per heavy atom. The topological polar surface area (TPSA) is 41.5 Å². The predicted octanol–water partition coefficient (Wildman–Crippen LogP) is 4.24. The summed E-state index contributed by atoms with van der Waals surface area (Å²) < 4.78 is 0. The molecule has 0 saturated carbocycles. The minimum absolute atomic E-state index is 0.157. The van der Waals surface area contributed by atoms with Gasteiger partial charge in [-0.3, -0.25) is 10.2 Å². The monoisotopic (exact) mass is 344 g/mol. The Kier molecular flexibility index (Phi) is 5.44. The molecule has 0 atom stereocenters. The predicted molar refractivity (Wildman–Crippen MR) is 105 cm³/mol. The molecule has 3 aromatic rings. The van der Waals surface area contributed by atoms with Crippen molar-refractivity contribution in [1.29, 1.82) is 0 Å². The van der Waals surface area contributed by atoms with Crippen molar-refractivity contribution in [3.63, 3.8) is 0 Å². The van der Waals surface area contributed by atoms with Crippen LogP contribution in [0.2, 0.25) is 0 Å². The van der Waals surface area contributed by atoms with Crippen molar-refractivity contribution in [3.05, 3.63) is 108 Å². The maximum absolute atomic E-state index is 12.9. The van der Waals surface area contributed by atoms with Gasteiger partial charge in [-0.15, -0.1) is 0 Å². The number of carbonyl (C=O) groups is 1. The van der Waals surface area contributed by atoms with E-state index >= 15 is 0 Å². The van der Waals surface area contributed by atoms with Crippen LogP contribution in [0.25, 0.3) is 0 Å². The van der Waals surface area contributed by atoms with Gasteiger partial charge in [0.2, 0.25) is 5.78 Å². The Hall–Kier alpha value is -3.11. The summed E-state index contributed by atoms with van der Waals surface area (Å²) >= 11 is 5.36. The molecule has 0 saturated heterocycles. The van der Waals surface area contributed by atoms with Gasteiger partial charge >= 0.3 is 0 Å². The van der Waals surface area contributed by atoms with Gasteiger partial charge < -0.3 is 0 Å². The summed E-state index contributed by atoms with van der Waals surface area (Å²) in [6.07, 6.45) is 0. The van der Waals surface area contributed by atoms with Crippen LogP contribution < -0.4 is 5.43 Å². The van der Waals surface area contributed by atoms with Gasteiger partial charge in [-0.25, -0.2) is 0 Å². The molecule has 0 amide bonds. The first-order valence-electron chi connectivity index (χ1n) is 7.84. The molecule has 122 valence electrons. The molecule has 0 unspecified atom stereocenters. The van der Waals surface area contributed by atoms with E-state index in [4.69, 9.17) is 12.2 Å². The first-order chi connectivity index (χ1) is 12.3. The zero-order valence-electron chi connectivity index (χ0n) is 13.4. The number of Topliss-reactive ketones (excluding diaryl/α,β-unsaturated/α-hetero) is 1. The number of carbonyl (C=O) groups excluding carboxylic acids is 1. The summed E-state index contributed by atoms with van der Waals surface area (Å²) in [7, 11) is 0. The molecule has 3 nitrogen and oxygen atoms in total. The van der Waals surface area contributed by atoms with E-state index in [-0.39, 0.29) is 5.78 Å². The summed E-state index contributed by atoms with van der Waals surface area (Å²) in [5.41, 5.74) is 5.34. The standard InChI is InChI=1S/C21H16N2OS/c24-20(17-12-6-2-7-13-17)19(16-10-4-1-5-11-16)22-23-21(25)18-14-8-3-9-15-18/h1-15H,(H,23,25). The quantitative estimate of drug-likeness (QED) is 0.326. The van der Waals surface area contributed by atoms with E-state index in [1.54, 1.807) is 12.1 Å². The number of thiocarbonyl (C=S) groups is 1. The normalized spacial score (nSPS) is 11.0. The first kappa shape index (κ1) is 16.7. The van der Waals surface area contributed by atoms with E-state index in [1.807, 2.05) is 78.9 Å². The van der Waals surface area contributed by atoms with E-state index in [2.05, 4.69) is 10.5 Å². The second-order valence-corrected chi connectivity index (χ2v) is 5.74. The zero-order chi connectivity index (χ0) is 17.5. The second-order valence-electron chi connectivity index (χ2n) is 5.33. The average Bonchev–Trinajstić information content (AvgIpc) is 2.70. The van der Waals surface area contributed by atoms with Crippen molar-refractivity contribution in [2.24, 2.45) is 5.10 Å². The molecule has 0 bridgehead atoms. The molecule has 25 heavy (non-hydrogen) atoms. The van der Waals surface area contributed by atoms with E-state index < -0.39 is 0 Å².